The van der Waals surface area contributed by atoms with Gasteiger partial charge in [-0.2, -0.15) is 0 Å². The van der Waals surface area contributed by atoms with Gasteiger partial charge in [-0.3, -0.25) is 24.3 Å². The van der Waals surface area contributed by atoms with E-state index in [0.717, 1.165) is 18.4 Å². The van der Waals surface area contributed by atoms with Crippen LogP contribution in [0.15, 0.2) is 48.8 Å². The van der Waals surface area contributed by atoms with Crippen molar-refractivity contribution in [2.24, 2.45) is 5.92 Å². The van der Waals surface area contributed by atoms with Crippen LogP contribution in [0.5, 0.6) is 5.75 Å². The number of amides is 3. The molecule has 1 aliphatic carbocycles. The normalized spacial score (nSPS) is 21.1. The molecule has 1 aromatic heterocycles. The van der Waals surface area contributed by atoms with E-state index in [9.17, 15) is 14.4 Å². The quantitative estimate of drug-likeness (QED) is 0.681. The van der Waals surface area contributed by atoms with Crippen molar-refractivity contribution < 1.29 is 23.9 Å². The van der Waals surface area contributed by atoms with Crippen LogP contribution in [0.4, 0.5) is 0 Å². The number of methoxy groups -OCH3 is 1. The minimum Gasteiger partial charge on any atom is -0.497 e. The molecule has 3 aliphatic rings. The highest BCUT2D eigenvalue weighted by Gasteiger charge is 2.54. The van der Waals surface area contributed by atoms with E-state index in [0.29, 0.717) is 43.8 Å². The minimum atomic E-state index is -0.921. The number of pyridine rings is 1. The number of aromatic nitrogens is 1. The van der Waals surface area contributed by atoms with Crippen LogP contribution in [0.1, 0.15) is 41.6 Å². The summed E-state index contributed by atoms with van der Waals surface area (Å²) in [6, 6.07) is 9.76. The largest absolute Gasteiger partial charge is 0.497 e. The van der Waals surface area contributed by atoms with Gasteiger partial charge in [0.15, 0.2) is 0 Å². The molecule has 2 aliphatic heterocycles. The first-order chi connectivity index (χ1) is 17.0. The molecule has 9 heteroatoms. The Morgan fingerprint density at radius 3 is 2.40 bits per heavy atom. The number of piperidine rings is 1. The molecule has 1 spiro atoms. The summed E-state index contributed by atoms with van der Waals surface area (Å²) in [5, 5.41) is 2.94. The summed E-state index contributed by atoms with van der Waals surface area (Å²) in [6.07, 6.45) is 6.21. The SMILES string of the molecule is COc1ccc(C(=O)N2C(C(=O)NCc3ccncc3)COC23CCN(C(=O)C2CC2)CC3)cc1. The highest BCUT2D eigenvalue weighted by Crippen LogP contribution is 2.40. The number of nitrogens with zero attached hydrogens (tertiary/aromatic N) is 3. The van der Waals surface area contributed by atoms with Crippen molar-refractivity contribution in [1.29, 1.82) is 0 Å². The summed E-state index contributed by atoms with van der Waals surface area (Å²) in [4.78, 5) is 47.1. The Labute approximate surface area is 204 Å². The van der Waals surface area contributed by atoms with Gasteiger partial charge in [0.05, 0.1) is 13.7 Å². The van der Waals surface area contributed by atoms with Crippen molar-refractivity contribution >= 4 is 17.7 Å². The Bertz CT molecular complexity index is 1080. The maximum absolute atomic E-state index is 13.8. The molecule has 184 valence electrons. The Morgan fingerprint density at radius 2 is 1.77 bits per heavy atom. The number of hydrogen-bond donors (Lipinski definition) is 1. The number of rotatable bonds is 6. The zero-order valence-electron chi connectivity index (χ0n) is 19.8. The van der Waals surface area contributed by atoms with Gasteiger partial charge in [-0.1, -0.05) is 0 Å². The number of hydrogen-bond acceptors (Lipinski definition) is 6. The topological polar surface area (TPSA) is 101 Å². The van der Waals surface area contributed by atoms with Crippen molar-refractivity contribution in [3.63, 3.8) is 0 Å². The van der Waals surface area contributed by atoms with E-state index in [-0.39, 0.29) is 30.2 Å². The van der Waals surface area contributed by atoms with E-state index in [1.54, 1.807) is 48.7 Å². The van der Waals surface area contributed by atoms with Crippen molar-refractivity contribution in [2.75, 3.05) is 26.8 Å². The number of carbonyl (C=O) groups is 3. The fourth-order valence-corrected chi connectivity index (χ4v) is 4.91. The smallest absolute Gasteiger partial charge is 0.256 e. The zero-order chi connectivity index (χ0) is 24.4. The zero-order valence-corrected chi connectivity index (χ0v) is 19.8. The fourth-order valence-electron chi connectivity index (χ4n) is 4.91. The van der Waals surface area contributed by atoms with Crippen LogP contribution in [0.25, 0.3) is 0 Å². The maximum Gasteiger partial charge on any atom is 0.256 e. The van der Waals surface area contributed by atoms with Crippen LogP contribution in [-0.4, -0.2) is 71.1 Å². The Kier molecular flexibility index (Phi) is 6.42. The molecule has 0 radical (unpaired) electrons. The summed E-state index contributed by atoms with van der Waals surface area (Å²) in [7, 11) is 1.57. The van der Waals surface area contributed by atoms with Gasteiger partial charge in [0, 0.05) is 56.4 Å². The van der Waals surface area contributed by atoms with Gasteiger partial charge in [0.2, 0.25) is 11.8 Å². The lowest BCUT2D eigenvalue weighted by Gasteiger charge is -2.44. The van der Waals surface area contributed by atoms with Crippen molar-refractivity contribution in [2.45, 2.75) is 44.0 Å². The van der Waals surface area contributed by atoms with Gasteiger partial charge < -0.3 is 19.7 Å². The molecular formula is C26H30N4O5. The first-order valence-electron chi connectivity index (χ1n) is 12.1. The molecule has 1 saturated carbocycles. The third kappa shape index (κ3) is 4.73. The van der Waals surface area contributed by atoms with Gasteiger partial charge in [-0.05, 0) is 54.8 Å². The molecule has 3 amide bonds. The predicted octanol–water partition coefficient (Wildman–Crippen LogP) is 1.98. The second-order valence-electron chi connectivity index (χ2n) is 9.35. The number of ether oxygens (including phenoxy) is 2. The number of likely N-dealkylation sites (tertiary alicyclic amines) is 1. The summed E-state index contributed by atoms with van der Waals surface area (Å²) >= 11 is 0. The molecule has 1 atom stereocenters. The van der Waals surface area contributed by atoms with Crippen LogP contribution < -0.4 is 10.1 Å². The predicted molar refractivity (Wildman–Crippen MR) is 126 cm³/mol. The Morgan fingerprint density at radius 1 is 1.09 bits per heavy atom. The summed E-state index contributed by atoms with van der Waals surface area (Å²) < 4.78 is 11.5. The van der Waals surface area contributed by atoms with Crippen LogP contribution in [0.3, 0.4) is 0 Å². The molecule has 3 fully saturated rings. The first-order valence-corrected chi connectivity index (χ1v) is 12.1. The lowest BCUT2D eigenvalue weighted by Crippen LogP contribution is -2.59. The van der Waals surface area contributed by atoms with Gasteiger partial charge in [0.25, 0.3) is 5.91 Å². The van der Waals surface area contributed by atoms with Crippen LogP contribution in [0.2, 0.25) is 0 Å². The molecule has 2 saturated heterocycles. The molecule has 1 N–H and O–H groups in total. The van der Waals surface area contributed by atoms with E-state index in [2.05, 4.69) is 10.3 Å². The summed E-state index contributed by atoms with van der Waals surface area (Å²) in [5.41, 5.74) is 0.455. The van der Waals surface area contributed by atoms with Gasteiger partial charge in [0.1, 0.15) is 17.5 Å². The molecule has 0 bridgehead atoms. The Hall–Kier alpha value is -3.46. The third-order valence-corrected chi connectivity index (χ3v) is 7.12. The van der Waals surface area contributed by atoms with E-state index in [4.69, 9.17) is 9.47 Å². The molecule has 9 nitrogen and oxygen atoms in total. The third-order valence-electron chi connectivity index (χ3n) is 7.12. The number of carbonyl (C=O) groups excluding carboxylic acids is 3. The van der Waals surface area contributed by atoms with Crippen LogP contribution in [-0.2, 0) is 20.9 Å². The number of nitrogens with one attached hydrogen (secondary N) is 1. The van der Waals surface area contributed by atoms with Crippen molar-refractivity contribution in [3.05, 3.63) is 59.9 Å². The van der Waals surface area contributed by atoms with Crippen molar-refractivity contribution in [3.8, 4) is 5.75 Å². The van der Waals surface area contributed by atoms with Gasteiger partial charge in [-0.15, -0.1) is 0 Å². The summed E-state index contributed by atoms with van der Waals surface area (Å²) in [6.45, 7) is 1.46. The number of benzene rings is 1. The average Bonchev–Trinajstić information content (AvgIpc) is 3.70. The van der Waals surface area contributed by atoms with Crippen molar-refractivity contribution in [1.82, 2.24) is 20.1 Å². The average molecular weight is 479 g/mol. The maximum atomic E-state index is 13.8. The van der Waals surface area contributed by atoms with E-state index >= 15 is 0 Å². The highest BCUT2D eigenvalue weighted by molar-refractivity contribution is 5.98. The molecule has 1 unspecified atom stereocenters. The van der Waals surface area contributed by atoms with E-state index in [1.165, 1.54) is 0 Å². The lowest BCUT2D eigenvalue weighted by molar-refractivity contribution is -0.144. The van der Waals surface area contributed by atoms with Gasteiger partial charge in [-0.25, -0.2) is 0 Å². The van der Waals surface area contributed by atoms with Crippen LogP contribution >= 0.6 is 0 Å². The molecule has 5 rings (SSSR count). The molecule has 1 aromatic carbocycles. The molecule has 3 heterocycles. The second-order valence-corrected chi connectivity index (χ2v) is 9.35. The van der Waals surface area contributed by atoms with E-state index < -0.39 is 11.8 Å². The molecule has 2 aromatic rings. The second kappa shape index (κ2) is 9.65. The fraction of sp³-hybridized carbons (Fsp3) is 0.462. The van der Waals surface area contributed by atoms with Gasteiger partial charge >= 0.3 is 0 Å². The highest BCUT2D eigenvalue weighted by atomic mass is 16.5. The van der Waals surface area contributed by atoms with E-state index in [1.807, 2.05) is 17.0 Å². The molecular weight excluding hydrogens is 448 g/mol. The minimum absolute atomic E-state index is 0.112. The lowest BCUT2D eigenvalue weighted by atomic mass is 9.96. The Balaban J connectivity index is 1.36. The monoisotopic (exact) mass is 478 g/mol. The molecule has 35 heavy (non-hydrogen) atoms. The van der Waals surface area contributed by atoms with Crippen LogP contribution in [0, 0.1) is 5.92 Å². The first kappa shape index (κ1) is 23.3. The standard InChI is InChI=1S/C26H30N4O5/c1-34-21-6-4-20(5-7-21)25(33)30-22(23(31)28-16-18-8-12-27-13-9-18)17-35-26(30)10-14-29(15-11-26)24(32)19-2-3-19/h4-9,12-13,19,22H,2-3,10-11,14-17H2,1H3,(H,28,31). The summed E-state index contributed by atoms with van der Waals surface area (Å²) in [5.74, 6) is 0.454.